The van der Waals surface area contributed by atoms with Crippen molar-refractivity contribution in [3.05, 3.63) is 39.9 Å². The molecule has 5 nitrogen and oxygen atoms in total. The van der Waals surface area contributed by atoms with E-state index in [1.54, 1.807) is 0 Å². The molecule has 118 valence electrons. The van der Waals surface area contributed by atoms with Gasteiger partial charge in [-0.25, -0.2) is 4.79 Å². The minimum absolute atomic E-state index is 0.0226. The zero-order valence-corrected chi connectivity index (χ0v) is 13.1. The summed E-state index contributed by atoms with van der Waals surface area (Å²) in [4.78, 5) is 22.4. The Morgan fingerprint density at radius 3 is 2.41 bits per heavy atom. The van der Waals surface area contributed by atoms with Gasteiger partial charge >= 0.3 is 5.97 Å². The van der Waals surface area contributed by atoms with E-state index in [1.807, 2.05) is 0 Å². The molecule has 3 saturated carbocycles. The summed E-state index contributed by atoms with van der Waals surface area (Å²) >= 11 is 0. The van der Waals surface area contributed by atoms with Crippen LogP contribution >= 0.6 is 0 Å². The molecule has 1 aromatic rings. The molecule has 4 atom stereocenters. The van der Waals surface area contributed by atoms with Crippen LogP contribution in [0.3, 0.4) is 0 Å². The Labute approximate surface area is 129 Å². The number of rotatable bonds is 3. The van der Waals surface area contributed by atoms with Gasteiger partial charge in [0.25, 0.3) is 5.69 Å². The predicted molar refractivity (Wildman–Crippen MR) is 81.5 cm³/mol. The number of esters is 1. The van der Waals surface area contributed by atoms with Crippen molar-refractivity contribution in [2.24, 2.45) is 23.2 Å². The highest BCUT2D eigenvalue weighted by Gasteiger charge is 2.57. The van der Waals surface area contributed by atoms with E-state index < -0.39 is 4.92 Å². The number of ether oxygens (including phenoxy) is 1. The molecule has 4 rings (SSSR count). The van der Waals surface area contributed by atoms with Crippen LogP contribution in [0.5, 0.6) is 0 Å². The Morgan fingerprint density at radius 2 is 1.91 bits per heavy atom. The number of benzene rings is 1. The SMILES string of the molecule is C[C@@H]1C(OC(=O)c2ccc([N+](=O)[O-])cc2)CC2CC1C2(C)C. The summed E-state index contributed by atoms with van der Waals surface area (Å²) < 4.78 is 5.68. The quantitative estimate of drug-likeness (QED) is 0.483. The largest absolute Gasteiger partial charge is 0.458 e. The van der Waals surface area contributed by atoms with E-state index >= 15 is 0 Å². The molecule has 3 unspecified atom stereocenters. The maximum absolute atomic E-state index is 12.2. The van der Waals surface area contributed by atoms with Gasteiger partial charge in [-0.3, -0.25) is 10.1 Å². The second kappa shape index (κ2) is 5.07. The number of non-ortho nitro benzene ring substituents is 1. The van der Waals surface area contributed by atoms with Gasteiger partial charge in [0, 0.05) is 12.1 Å². The molecule has 0 radical (unpaired) electrons. The molecule has 2 bridgehead atoms. The normalized spacial score (nSPS) is 32.0. The average molecular weight is 303 g/mol. The average Bonchev–Trinajstić information content (AvgIpc) is 2.48. The number of hydrogen-bond acceptors (Lipinski definition) is 4. The molecule has 0 aromatic heterocycles. The molecule has 5 heteroatoms. The third-order valence-electron chi connectivity index (χ3n) is 5.86. The summed E-state index contributed by atoms with van der Waals surface area (Å²) in [6.45, 7) is 6.77. The number of fused-ring (bicyclic) bond motifs is 2. The van der Waals surface area contributed by atoms with E-state index in [-0.39, 0.29) is 17.8 Å². The lowest BCUT2D eigenvalue weighted by atomic mass is 9.45. The lowest BCUT2D eigenvalue weighted by Gasteiger charge is -2.61. The molecule has 0 spiro atoms. The number of carbonyl (C=O) groups excluding carboxylic acids is 1. The standard InChI is InChI=1S/C17H21NO4/c1-10-14-8-12(17(14,2)3)9-15(10)22-16(19)11-4-6-13(7-5-11)18(20)21/h4-7,10,12,14-15H,8-9H2,1-3H3/t10-,12?,14?,15?/m0/s1. The summed E-state index contributed by atoms with van der Waals surface area (Å²) in [5, 5.41) is 10.6. The Balaban J connectivity index is 1.66. The number of nitro benzene ring substituents is 1. The van der Waals surface area contributed by atoms with Gasteiger partial charge in [0.2, 0.25) is 0 Å². The van der Waals surface area contributed by atoms with E-state index in [9.17, 15) is 14.9 Å². The fourth-order valence-corrected chi connectivity index (χ4v) is 4.18. The van der Waals surface area contributed by atoms with Crippen molar-refractivity contribution in [2.75, 3.05) is 0 Å². The van der Waals surface area contributed by atoms with Crippen molar-refractivity contribution in [1.29, 1.82) is 0 Å². The fourth-order valence-electron chi connectivity index (χ4n) is 4.18. The highest BCUT2D eigenvalue weighted by atomic mass is 16.6. The predicted octanol–water partition coefficient (Wildman–Crippen LogP) is 3.82. The van der Waals surface area contributed by atoms with Crippen LogP contribution in [0.2, 0.25) is 0 Å². The minimum atomic E-state index is -0.478. The van der Waals surface area contributed by atoms with E-state index in [4.69, 9.17) is 4.74 Å². The van der Waals surface area contributed by atoms with Crippen LogP contribution < -0.4 is 0 Å². The number of nitro groups is 1. The summed E-state index contributed by atoms with van der Waals surface area (Å²) in [5.41, 5.74) is 0.706. The monoisotopic (exact) mass is 303 g/mol. The van der Waals surface area contributed by atoms with Gasteiger partial charge in [0.15, 0.2) is 0 Å². The van der Waals surface area contributed by atoms with Crippen molar-refractivity contribution in [3.63, 3.8) is 0 Å². The molecule has 1 aromatic carbocycles. The van der Waals surface area contributed by atoms with Gasteiger partial charge in [-0.05, 0) is 48.1 Å². The lowest BCUT2D eigenvalue weighted by molar-refractivity contribution is -0.384. The zero-order valence-electron chi connectivity index (χ0n) is 13.1. The smallest absolute Gasteiger partial charge is 0.338 e. The molecule has 0 N–H and O–H groups in total. The zero-order chi connectivity index (χ0) is 16.1. The summed E-state index contributed by atoms with van der Waals surface area (Å²) in [5.74, 6) is 1.22. The van der Waals surface area contributed by atoms with Crippen molar-refractivity contribution in [2.45, 2.75) is 39.7 Å². The summed E-state index contributed by atoms with van der Waals surface area (Å²) in [7, 11) is 0. The molecule has 0 heterocycles. The van der Waals surface area contributed by atoms with E-state index in [1.165, 1.54) is 30.7 Å². The summed E-state index contributed by atoms with van der Waals surface area (Å²) in [6.07, 6.45) is 2.11. The first-order valence-corrected chi connectivity index (χ1v) is 7.76. The maximum atomic E-state index is 12.2. The Bertz CT molecular complexity index is 608. The van der Waals surface area contributed by atoms with Gasteiger partial charge in [-0.2, -0.15) is 0 Å². The molecular formula is C17H21NO4. The van der Waals surface area contributed by atoms with Crippen molar-refractivity contribution < 1.29 is 14.5 Å². The topological polar surface area (TPSA) is 69.4 Å². The van der Waals surface area contributed by atoms with Crippen molar-refractivity contribution >= 4 is 11.7 Å². The molecule has 0 amide bonds. The van der Waals surface area contributed by atoms with Crippen LogP contribution in [0.1, 0.15) is 44.0 Å². The van der Waals surface area contributed by atoms with Crippen molar-refractivity contribution in [3.8, 4) is 0 Å². The van der Waals surface area contributed by atoms with Gasteiger partial charge < -0.3 is 4.74 Å². The molecular weight excluding hydrogens is 282 g/mol. The van der Waals surface area contributed by atoms with Crippen LogP contribution in [0.25, 0.3) is 0 Å². The second-order valence-electron chi connectivity index (χ2n) is 7.20. The third kappa shape index (κ3) is 2.28. The van der Waals surface area contributed by atoms with E-state index in [2.05, 4.69) is 20.8 Å². The van der Waals surface area contributed by atoms with Gasteiger partial charge in [-0.15, -0.1) is 0 Å². The van der Waals surface area contributed by atoms with Crippen LogP contribution in [0, 0.1) is 33.3 Å². The molecule has 0 saturated heterocycles. The number of carbonyl (C=O) groups is 1. The molecule has 3 aliphatic carbocycles. The Kier molecular flexibility index (Phi) is 3.46. The molecule has 22 heavy (non-hydrogen) atoms. The van der Waals surface area contributed by atoms with E-state index in [0.717, 1.165) is 6.42 Å². The van der Waals surface area contributed by atoms with Crippen molar-refractivity contribution in [1.82, 2.24) is 0 Å². The van der Waals surface area contributed by atoms with Gasteiger partial charge in [0.1, 0.15) is 6.10 Å². The molecule has 3 fully saturated rings. The number of nitrogens with zero attached hydrogens (tertiary/aromatic N) is 1. The van der Waals surface area contributed by atoms with E-state index in [0.29, 0.717) is 28.7 Å². The highest BCUT2D eigenvalue weighted by molar-refractivity contribution is 5.89. The Hall–Kier alpha value is -1.91. The first-order chi connectivity index (χ1) is 10.3. The second-order valence-corrected chi connectivity index (χ2v) is 7.20. The Morgan fingerprint density at radius 1 is 1.27 bits per heavy atom. The van der Waals surface area contributed by atoms with Crippen LogP contribution in [-0.2, 0) is 4.74 Å². The van der Waals surface area contributed by atoms with Crippen LogP contribution in [0.15, 0.2) is 24.3 Å². The maximum Gasteiger partial charge on any atom is 0.338 e. The lowest BCUT2D eigenvalue weighted by Crippen LogP contribution is -2.57. The number of hydrogen-bond donors (Lipinski definition) is 0. The minimum Gasteiger partial charge on any atom is -0.458 e. The van der Waals surface area contributed by atoms with Gasteiger partial charge in [-0.1, -0.05) is 20.8 Å². The first kappa shape index (κ1) is 15.0. The molecule has 0 aliphatic heterocycles. The molecule has 3 aliphatic rings. The summed E-state index contributed by atoms with van der Waals surface area (Å²) in [6, 6.07) is 5.58. The highest BCUT2D eigenvalue weighted by Crippen LogP contribution is 2.61. The van der Waals surface area contributed by atoms with Crippen LogP contribution in [-0.4, -0.2) is 17.0 Å². The third-order valence-corrected chi connectivity index (χ3v) is 5.86. The fraction of sp³-hybridized carbons (Fsp3) is 0.588. The van der Waals surface area contributed by atoms with Crippen LogP contribution in [0.4, 0.5) is 5.69 Å². The van der Waals surface area contributed by atoms with Gasteiger partial charge in [0.05, 0.1) is 10.5 Å². The first-order valence-electron chi connectivity index (χ1n) is 7.76.